The van der Waals surface area contributed by atoms with Crippen LogP contribution in [0.3, 0.4) is 0 Å². The number of aliphatic carboxylic acids is 1. The number of piperidine rings is 1. The molecule has 2 N–H and O–H groups in total. The zero-order valence-corrected chi connectivity index (χ0v) is 21.9. The Morgan fingerprint density at radius 2 is 2.03 bits per heavy atom. The minimum absolute atomic E-state index is 0.0789. The summed E-state index contributed by atoms with van der Waals surface area (Å²) in [5.41, 5.74) is 1.93. The lowest BCUT2D eigenvalue weighted by Crippen LogP contribution is -2.41. The third-order valence-corrected chi connectivity index (χ3v) is 7.92. The van der Waals surface area contributed by atoms with Gasteiger partial charge in [-0.15, -0.1) is 0 Å². The number of hydrogen-bond donors (Lipinski definition) is 2. The molecular formula is C29H34ClFN2O4. The first kappa shape index (κ1) is 27.3. The number of halogens is 2. The molecule has 0 bridgehead atoms. The third kappa shape index (κ3) is 6.98. The van der Waals surface area contributed by atoms with Crippen LogP contribution in [-0.2, 0) is 11.2 Å². The molecule has 1 aromatic heterocycles. The van der Waals surface area contributed by atoms with E-state index in [1.165, 1.54) is 6.07 Å². The van der Waals surface area contributed by atoms with E-state index in [9.17, 15) is 19.4 Å². The first-order valence-corrected chi connectivity index (χ1v) is 13.2. The summed E-state index contributed by atoms with van der Waals surface area (Å²) in [5, 5.41) is 22.0. The Bertz CT molecular complexity index is 1230. The SMILES string of the molecule is COc1ccc2ncc(Cl)c([C@@H](O)CCC3(CC(=O)O)CCN(CCCc4cccc(F)c4)CC3)c2c1. The average molecular weight is 529 g/mol. The number of likely N-dealkylation sites (tertiary alicyclic amines) is 1. The first-order valence-electron chi connectivity index (χ1n) is 12.8. The lowest BCUT2D eigenvalue weighted by molar-refractivity contribution is -0.141. The number of pyridine rings is 1. The van der Waals surface area contributed by atoms with Crippen LogP contribution in [0.25, 0.3) is 10.9 Å². The summed E-state index contributed by atoms with van der Waals surface area (Å²) >= 11 is 6.47. The van der Waals surface area contributed by atoms with Gasteiger partial charge in [-0.25, -0.2) is 4.39 Å². The van der Waals surface area contributed by atoms with Crippen molar-refractivity contribution in [3.8, 4) is 5.75 Å². The number of aliphatic hydroxyl groups excluding tert-OH is 1. The predicted octanol–water partition coefficient (Wildman–Crippen LogP) is 6.04. The number of fused-ring (bicyclic) bond motifs is 1. The van der Waals surface area contributed by atoms with Crippen molar-refractivity contribution in [3.05, 3.63) is 70.6 Å². The predicted molar refractivity (Wildman–Crippen MR) is 143 cm³/mol. The van der Waals surface area contributed by atoms with E-state index >= 15 is 0 Å². The molecule has 2 aromatic carbocycles. The summed E-state index contributed by atoms with van der Waals surface area (Å²) in [6, 6.07) is 12.2. The molecule has 1 atom stereocenters. The number of rotatable bonds is 11. The van der Waals surface area contributed by atoms with Gasteiger partial charge in [0.05, 0.1) is 30.2 Å². The van der Waals surface area contributed by atoms with Gasteiger partial charge < -0.3 is 19.8 Å². The van der Waals surface area contributed by atoms with Crippen molar-refractivity contribution in [1.82, 2.24) is 9.88 Å². The molecule has 2 heterocycles. The molecule has 0 amide bonds. The van der Waals surface area contributed by atoms with Crippen molar-refractivity contribution in [1.29, 1.82) is 0 Å². The highest BCUT2D eigenvalue weighted by Gasteiger charge is 2.37. The molecule has 0 saturated carbocycles. The number of carbonyl (C=O) groups is 1. The quantitative estimate of drug-likeness (QED) is 0.316. The van der Waals surface area contributed by atoms with Crippen molar-refractivity contribution in [3.63, 3.8) is 0 Å². The van der Waals surface area contributed by atoms with Crippen molar-refractivity contribution < 1.29 is 24.1 Å². The monoisotopic (exact) mass is 528 g/mol. The number of methoxy groups -OCH3 is 1. The van der Waals surface area contributed by atoms with Crippen LogP contribution >= 0.6 is 11.6 Å². The minimum Gasteiger partial charge on any atom is -0.497 e. The van der Waals surface area contributed by atoms with Crippen LogP contribution in [0.2, 0.25) is 5.02 Å². The van der Waals surface area contributed by atoms with Crippen LogP contribution in [0.4, 0.5) is 4.39 Å². The maximum absolute atomic E-state index is 13.4. The summed E-state index contributed by atoms with van der Waals surface area (Å²) in [6.45, 7) is 2.51. The van der Waals surface area contributed by atoms with Crippen molar-refractivity contribution in [2.24, 2.45) is 5.41 Å². The van der Waals surface area contributed by atoms with Gasteiger partial charge in [0.2, 0.25) is 0 Å². The van der Waals surface area contributed by atoms with E-state index in [1.807, 2.05) is 24.3 Å². The second kappa shape index (κ2) is 12.2. The zero-order chi connectivity index (χ0) is 26.4. The molecule has 1 aliphatic heterocycles. The van der Waals surface area contributed by atoms with Gasteiger partial charge in [0.1, 0.15) is 11.6 Å². The van der Waals surface area contributed by atoms with Crippen LogP contribution in [-0.4, -0.2) is 52.8 Å². The smallest absolute Gasteiger partial charge is 0.303 e. The Morgan fingerprint density at radius 1 is 1.24 bits per heavy atom. The fourth-order valence-corrected chi connectivity index (χ4v) is 5.78. The van der Waals surface area contributed by atoms with Crippen molar-refractivity contribution in [2.75, 3.05) is 26.7 Å². The van der Waals surface area contributed by atoms with Crippen LogP contribution < -0.4 is 4.74 Å². The van der Waals surface area contributed by atoms with Crippen LogP contribution in [0.15, 0.2) is 48.7 Å². The van der Waals surface area contributed by atoms with Gasteiger partial charge in [-0.05, 0) is 99.5 Å². The van der Waals surface area contributed by atoms with Gasteiger partial charge in [-0.1, -0.05) is 23.7 Å². The van der Waals surface area contributed by atoms with Crippen molar-refractivity contribution in [2.45, 2.75) is 51.0 Å². The number of benzene rings is 2. The van der Waals surface area contributed by atoms with Crippen LogP contribution in [0.5, 0.6) is 5.75 Å². The highest BCUT2D eigenvalue weighted by molar-refractivity contribution is 6.32. The normalized spacial score (nSPS) is 16.5. The summed E-state index contributed by atoms with van der Waals surface area (Å²) < 4.78 is 18.8. The van der Waals surface area contributed by atoms with E-state index in [2.05, 4.69) is 9.88 Å². The number of aliphatic hydroxyl groups is 1. The van der Waals surface area contributed by atoms with E-state index in [0.29, 0.717) is 34.7 Å². The summed E-state index contributed by atoms with van der Waals surface area (Å²) in [7, 11) is 1.58. The van der Waals surface area contributed by atoms with Gasteiger partial charge in [0, 0.05) is 17.1 Å². The summed E-state index contributed by atoms with van der Waals surface area (Å²) in [6.07, 6.45) is 5.01. The minimum atomic E-state index is -0.847. The Labute approximate surface area is 222 Å². The number of nitrogens with zero attached hydrogens (tertiary/aromatic N) is 2. The zero-order valence-electron chi connectivity index (χ0n) is 21.1. The molecule has 8 heteroatoms. The second-order valence-corrected chi connectivity index (χ2v) is 10.5. The molecule has 4 rings (SSSR count). The maximum Gasteiger partial charge on any atom is 0.303 e. The first-order chi connectivity index (χ1) is 17.8. The molecule has 0 unspecified atom stereocenters. The Kier molecular flexibility index (Phi) is 9.00. The fourth-order valence-electron chi connectivity index (χ4n) is 5.51. The van der Waals surface area contributed by atoms with Crippen LogP contribution in [0.1, 0.15) is 55.8 Å². The van der Waals surface area contributed by atoms with E-state index in [1.54, 1.807) is 25.4 Å². The van der Waals surface area contributed by atoms with Gasteiger partial charge in [-0.3, -0.25) is 9.78 Å². The van der Waals surface area contributed by atoms with Crippen molar-refractivity contribution >= 4 is 28.5 Å². The molecule has 1 aliphatic rings. The van der Waals surface area contributed by atoms with Crippen LogP contribution in [0, 0.1) is 11.2 Å². The summed E-state index contributed by atoms with van der Waals surface area (Å²) in [5.74, 6) is -0.375. The number of aryl methyl sites for hydroxylation is 1. The molecule has 0 spiro atoms. The number of carboxylic acid groups (broad SMARTS) is 1. The summed E-state index contributed by atoms with van der Waals surface area (Å²) in [4.78, 5) is 18.5. The number of carboxylic acids is 1. The molecule has 0 radical (unpaired) electrons. The maximum atomic E-state index is 13.4. The van der Waals surface area contributed by atoms with E-state index in [0.717, 1.165) is 56.3 Å². The van der Waals surface area contributed by atoms with E-state index < -0.39 is 12.1 Å². The standard InChI is InChI=1S/C29H34ClFN2O4/c1-37-22-7-8-25-23(17-22)28(24(30)19-32-25)26(34)9-10-29(18-27(35)36)11-14-33(15-12-29)13-3-5-20-4-2-6-21(31)16-20/h2,4,6-8,16-17,19,26,34H,3,5,9-15,18H2,1H3,(H,35,36)/t26-/m0/s1. The molecule has 1 fully saturated rings. The Morgan fingerprint density at radius 3 is 2.73 bits per heavy atom. The Hall–Kier alpha value is -2.74. The van der Waals surface area contributed by atoms with E-state index in [-0.39, 0.29) is 17.7 Å². The molecule has 198 valence electrons. The largest absolute Gasteiger partial charge is 0.497 e. The second-order valence-electron chi connectivity index (χ2n) is 10.1. The molecular weight excluding hydrogens is 495 g/mol. The fraction of sp³-hybridized carbons (Fsp3) is 0.448. The van der Waals surface area contributed by atoms with E-state index in [4.69, 9.17) is 16.3 Å². The van der Waals surface area contributed by atoms with Gasteiger partial charge in [0.15, 0.2) is 0 Å². The highest BCUT2D eigenvalue weighted by atomic mass is 35.5. The lowest BCUT2D eigenvalue weighted by atomic mass is 9.71. The van der Waals surface area contributed by atoms with Gasteiger partial charge >= 0.3 is 5.97 Å². The lowest BCUT2D eigenvalue weighted by Gasteiger charge is -2.41. The molecule has 0 aliphatic carbocycles. The molecule has 6 nitrogen and oxygen atoms in total. The molecule has 1 saturated heterocycles. The van der Waals surface area contributed by atoms with Gasteiger partial charge in [-0.2, -0.15) is 0 Å². The topological polar surface area (TPSA) is 82.9 Å². The highest BCUT2D eigenvalue weighted by Crippen LogP contribution is 2.43. The number of aromatic nitrogens is 1. The average Bonchev–Trinajstić information content (AvgIpc) is 2.88. The Balaban J connectivity index is 1.38. The number of hydrogen-bond acceptors (Lipinski definition) is 5. The van der Waals surface area contributed by atoms with Gasteiger partial charge in [0.25, 0.3) is 0 Å². The molecule has 3 aromatic rings. The third-order valence-electron chi connectivity index (χ3n) is 7.62. The molecule has 37 heavy (non-hydrogen) atoms. The number of ether oxygens (including phenoxy) is 1.